The molecule has 1 atom stereocenters. The molecule has 1 aromatic rings. The third-order valence-electron chi connectivity index (χ3n) is 2.19. The highest BCUT2D eigenvalue weighted by Gasteiger charge is 2.15. The molecule has 0 amide bonds. The minimum Gasteiger partial charge on any atom is -0.481 e. The molecule has 1 aromatic heterocycles. The lowest BCUT2D eigenvalue weighted by Crippen LogP contribution is -2.32. The first kappa shape index (κ1) is 11.4. The Balaban J connectivity index is 2.69. The SMILES string of the molecule is CCN(CC(C)C(=O)O)c1ccncn1. The van der Waals surface area contributed by atoms with Crippen molar-refractivity contribution in [2.75, 3.05) is 18.0 Å². The summed E-state index contributed by atoms with van der Waals surface area (Å²) in [5.41, 5.74) is 0. The molecule has 1 heterocycles. The predicted octanol–water partition coefficient (Wildman–Crippen LogP) is 1.02. The zero-order valence-corrected chi connectivity index (χ0v) is 8.92. The van der Waals surface area contributed by atoms with Gasteiger partial charge in [-0.1, -0.05) is 6.92 Å². The van der Waals surface area contributed by atoms with Crippen LogP contribution in [0.2, 0.25) is 0 Å². The van der Waals surface area contributed by atoms with Crippen LogP contribution in [-0.4, -0.2) is 34.1 Å². The highest BCUT2D eigenvalue weighted by atomic mass is 16.4. The molecule has 1 rings (SSSR count). The maximum absolute atomic E-state index is 10.7. The Bertz CT molecular complexity index is 316. The van der Waals surface area contributed by atoms with E-state index >= 15 is 0 Å². The number of anilines is 1. The van der Waals surface area contributed by atoms with Crippen molar-refractivity contribution in [3.8, 4) is 0 Å². The van der Waals surface area contributed by atoms with Crippen molar-refractivity contribution in [1.82, 2.24) is 9.97 Å². The number of aliphatic carboxylic acids is 1. The van der Waals surface area contributed by atoms with Gasteiger partial charge in [0.25, 0.3) is 0 Å². The summed E-state index contributed by atoms with van der Waals surface area (Å²) >= 11 is 0. The predicted molar refractivity (Wildman–Crippen MR) is 56.7 cm³/mol. The van der Waals surface area contributed by atoms with E-state index in [0.717, 1.165) is 12.4 Å². The summed E-state index contributed by atoms with van der Waals surface area (Å²) in [6.07, 6.45) is 3.11. The van der Waals surface area contributed by atoms with Gasteiger partial charge in [-0.05, 0) is 13.0 Å². The molecule has 0 saturated carbocycles. The van der Waals surface area contributed by atoms with Crippen molar-refractivity contribution >= 4 is 11.8 Å². The zero-order valence-electron chi connectivity index (χ0n) is 8.92. The van der Waals surface area contributed by atoms with Crippen LogP contribution in [0, 0.1) is 5.92 Å². The van der Waals surface area contributed by atoms with Crippen molar-refractivity contribution in [2.24, 2.45) is 5.92 Å². The Hall–Kier alpha value is -1.65. The molecule has 0 aliphatic carbocycles. The van der Waals surface area contributed by atoms with E-state index in [1.165, 1.54) is 6.33 Å². The average molecular weight is 209 g/mol. The molecular formula is C10H15N3O2. The highest BCUT2D eigenvalue weighted by Crippen LogP contribution is 2.10. The van der Waals surface area contributed by atoms with Gasteiger partial charge in [-0.25, -0.2) is 9.97 Å². The van der Waals surface area contributed by atoms with Crippen LogP contribution in [0.5, 0.6) is 0 Å². The van der Waals surface area contributed by atoms with Crippen LogP contribution in [0.1, 0.15) is 13.8 Å². The van der Waals surface area contributed by atoms with E-state index in [1.807, 2.05) is 11.8 Å². The molecule has 5 nitrogen and oxygen atoms in total. The van der Waals surface area contributed by atoms with Gasteiger partial charge in [-0.15, -0.1) is 0 Å². The number of carboxylic acids is 1. The minimum absolute atomic E-state index is 0.403. The molecule has 0 radical (unpaired) electrons. The average Bonchev–Trinajstić information content (AvgIpc) is 2.26. The summed E-state index contributed by atoms with van der Waals surface area (Å²) < 4.78 is 0. The molecule has 5 heteroatoms. The molecule has 82 valence electrons. The lowest BCUT2D eigenvalue weighted by molar-refractivity contribution is -0.140. The summed E-state index contributed by atoms with van der Waals surface area (Å²) in [6, 6.07) is 1.78. The van der Waals surface area contributed by atoms with Crippen LogP contribution < -0.4 is 4.90 Å². The number of hydrogen-bond donors (Lipinski definition) is 1. The van der Waals surface area contributed by atoms with E-state index in [1.54, 1.807) is 19.2 Å². The Kier molecular flexibility index (Phi) is 4.03. The molecule has 15 heavy (non-hydrogen) atoms. The molecule has 1 unspecified atom stereocenters. The number of carbonyl (C=O) groups is 1. The molecule has 0 bridgehead atoms. The number of aromatic nitrogens is 2. The summed E-state index contributed by atoms with van der Waals surface area (Å²) in [6.45, 7) is 4.85. The molecule has 0 aliphatic rings. The maximum Gasteiger partial charge on any atom is 0.308 e. The van der Waals surface area contributed by atoms with E-state index in [9.17, 15) is 4.79 Å². The molecule has 0 aliphatic heterocycles. The lowest BCUT2D eigenvalue weighted by atomic mass is 10.1. The van der Waals surface area contributed by atoms with Crippen LogP contribution >= 0.6 is 0 Å². The normalized spacial score (nSPS) is 12.1. The first-order valence-electron chi connectivity index (χ1n) is 4.89. The fraction of sp³-hybridized carbons (Fsp3) is 0.500. The van der Waals surface area contributed by atoms with Gasteiger partial charge in [0.1, 0.15) is 12.1 Å². The molecule has 0 saturated heterocycles. The van der Waals surface area contributed by atoms with Crippen LogP contribution in [0.3, 0.4) is 0 Å². The summed E-state index contributed by atoms with van der Waals surface area (Å²) in [7, 11) is 0. The molecule has 0 spiro atoms. The maximum atomic E-state index is 10.7. The van der Waals surface area contributed by atoms with Gasteiger partial charge in [0.15, 0.2) is 0 Å². The van der Waals surface area contributed by atoms with E-state index in [2.05, 4.69) is 9.97 Å². The van der Waals surface area contributed by atoms with E-state index < -0.39 is 11.9 Å². The number of carboxylic acid groups (broad SMARTS) is 1. The highest BCUT2D eigenvalue weighted by molar-refractivity contribution is 5.70. The van der Waals surface area contributed by atoms with E-state index in [0.29, 0.717) is 6.54 Å². The summed E-state index contributed by atoms with van der Waals surface area (Å²) in [5, 5.41) is 8.81. The fourth-order valence-corrected chi connectivity index (χ4v) is 1.26. The van der Waals surface area contributed by atoms with Gasteiger partial charge < -0.3 is 10.0 Å². The largest absolute Gasteiger partial charge is 0.481 e. The Morgan fingerprint density at radius 2 is 2.40 bits per heavy atom. The van der Waals surface area contributed by atoms with Crippen LogP contribution in [0.15, 0.2) is 18.6 Å². The third kappa shape index (κ3) is 3.19. The van der Waals surface area contributed by atoms with Crippen LogP contribution in [0.25, 0.3) is 0 Å². The minimum atomic E-state index is -0.789. The van der Waals surface area contributed by atoms with E-state index in [-0.39, 0.29) is 0 Å². The Morgan fingerprint density at radius 1 is 1.67 bits per heavy atom. The quantitative estimate of drug-likeness (QED) is 0.784. The first-order valence-corrected chi connectivity index (χ1v) is 4.89. The molecule has 0 fully saturated rings. The molecule has 0 aromatic carbocycles. The second kappa shape index (κ2) is 5.29. The van der Waals surface area contributed by atoms with Crippen molar-refractivity contribution < 1.29 is 9.90 Å². The summed E-state index contributed by atoms with van der Waals surface area (Å²) in [5.74, 6) is -0.428. The standard InChI is InChI=1S/C10H15N3O2/c1-3-13(6-8(2)10(14)15)9-4-5-11-7-12-9/h4-5,7-8H,3,6H2,1-2H3,(H,14,15). The Morgan fingerprint density at radius 3 is 2.87 bits per heavy atom. The Labute approximate surface area is 88.8 Å². The van der Waals surface area contributed by atoms with Crippen LogP contribution in [-0.2, 0) is 4.79 Å². The third-order valence-corrected chi connectivity index (χ3v) is 2.19. The van der Waals surface area contributed by atoms with Crippen molar-refractivity contribution in [1.29, 1.82) is 0 Å². The number of rotatable bonds is 5. The molecule has 1 N–H and O–H groups in total. The number of nitrogens with zero attached hydrogens (tertiary/aromatic N) is 3. The van der Waals surface area contributed by atoms with Gasteiger partial charge >= 0.3 is 5.97 Å². The monoisotopic (exact) mass is 209 g/mol. The molecular weight excluding hydrogens is 194 g/mol. The van der Waals surface area contributed by atoms with Crippen LogP contribution in [0.4, 0.5) is 5.82 Å². The first-order chi connectivity index (χ1) is 7.15. The summed E-state index contributed by atoms with van der Waals surface area (Å²) in [4.78, 5) is 20.5. The second-order valence-electron chi connectivity index (χ2n) is 3.35. The van der Waals surface area contributed by atoms with E-state index in [4.69, 9.17) is 5.11 Å². The van der Waals surface area contributed by atoms with Gasteiger partial charge in [0, 0.05) is 19.3 Å². The van der Waals surface area contributed by atoms with Gasteiger partial charge in [-0.3, -0.25) is 4.79 Å². The van der Waals surface area contributed by atoms with Crippen molar-refractivity contribution in [3.63, 3.8) is 0 Å². The topological polar surface area (TPSA) is 66.3 Å². The van der Waals surface area contributed by atoms with Gasteiger partial charge in [-0.2, -0.15) is 0 Å². The zero-order chi connectivity index (χ0) is 11.3. The lowest BCUT2D eigenvalue weighted by Gasteiger charge is -2.23. The van der Waals surface area contributed by atoms with Gasteiger partial charge in [0.05, 0.1) is 5.92 Å². The fourth-order valence-electron chi connectivity index (χ4n) is 1.26. The van der Waals surface area contributed by atoms with Crippen molar-refractivity contribution in [3.05, 3.63) is 18.6 Å². The smallest absolute Gasteiger partial charge is 0.308 e. The van der Waals surface area contributed by atoms with Gasteiger partial charge in [0.2, 0.25) is 0 Å². The second-order valence-corrected chi connectivity index (χ2v) is 3.35. The van der Waals surface area contributed by atoms with Crippen molar-refractivity contribution in [2.45, 2.75) is 13.8 Å². The number of hydrogen-bond acceptors (Lipinski definition) is 4.